The number of anilines is 1. The van der Waals surface area contributed by atoms with Crippen LogP contribution >= 0.6 is 11.3 Å². The summed E-state index contributed by atoms with van der Waals surface area (Å²) in [4.78, 5) is 4.59. The molecule has 96 valence electrons. The van der Waals surface area contributed by atoms with Crippen LogP contribution in [0.2, 0.25) is 0 Å². The lowest BCUT2D eigenvalue weighted by Crippen LogP contribution is -2.26. The summed E-state index contributed by atoms with van der Waals surface area (Å²) in [5.74, 6) is 0.987. The zero-order chi connectivity index (χ0) is 12.1. The molecule has 2 rings (SSSR count). The van der Waals surface area contributed by atoms with Crippen molar-refractivity contribution >= 4 is 16.5 Å². The van der Waals surface area contributed by atoms with Crippen LogP contribution in [0.15, 0.2) is 5.38 Å². The van der Waals surface area contributed by atoms with Crippen molar-refractivity contribution < 1.29 is 0 Å². The van der Waals surface area contributed by atoms with E-state index in [0.29, 0.717) is 6.04 Å². The molecule has 3 heteroatoms. The first kappa shape index (κ1) is 12.9. The molecule has 0 aromatic carbocycles. The smallest absolute Gasteiger partial charge is 0.183 e. The Bertz CT molecular complexity index is 327. The highest BCUT2D eigenvalue weighted by atomic mass is 32.1. The highest BCUT2D eigenvalue weighted by Gasteiger charge is 2.20. The van der Waals surface area contributed by atoms with Crippen LogP contribution in [0.4, 0.5) is 5.13 Å². The topological polar surface area (TPSA) is 24.9 Å². The highest BCUT2D eigenvalue weighted by molar-refractivity contribution is 7.13. The van der Waals surface area contributed by atoms with Gasteiger partial charge >= 0.3 is 0 Å². The molecule has 1 aromatic rings. The second kappa shape index (κ2) is 6.39. The molecule has 1 aliphatic carbocycles. The molecular formula is C14H24N2S. The lowest BCUT2D eigenvalue weighted by Gasteiger charge is -2.28. The maximum Gasteiger partial charge on any atom is 0.183 e. The van der Waals surface area contributed by atoms with Gasteiger partial charge in [0.05, 0.1) is 5.69 Å². The summed E-state index contributed by atoms with van der Waals surface area (Å²) in [6.45, 7) is 4.46. The first-order chi connectivity index (χ1) is 8.31. The Labute approximate surface area is 109 Å². The summed E-state index contributed by atoms with van der Waals surface area (Å²) in [6.07, 6.45) is 9.26. The molecule has 1 heterocycles. The molecule has 0 bridgehead atoms. The van der Waals surface area contributed by atoms with Crippen LogP contribution in [-0.2, 0) is 6.42 Å². The fourth-order valence-corrected chi connectivity index (χ4v) is 3.59. The quantitative estimate of drug-likeness (QED) is 0.836. The van der Waals surface area contributed by atoms with Crippen LogP contribution in [0.25, 0.3) is 0 Å². The Balaban J connectivity index is 1.77. The van der Waals surface area contributed by atoms with E-state index in [4.69, 9.17) is 0 Å². The van der Waals surface area contributed by atoms with Crippen LogP contribution in [-0.4, -0.2) is 11.0 Å². The molecule has 0 atom stereocenters. The third-order valence-electron chi connectivity index (χ3n) is 3.79. The van der Waals surface area contributed by atoms with Crippen molar-refractivity contribution in [3.05, 3.63) is 11.1 Å². The van der Waals surface area contributed by atoms with Gasteiger partial charge in [-0.1, -0.05) is 26.7 Å². The third kappa shape index (κ3) is 3.70. The number of nitrogens with zero attached hydrogens (tertiary/aromatic N) is 1. The number of hydrogen-bond acceptors (Lipinski definition) is 3. The van der Waals surface area contributed by atoms with E-state index in [0.717, 1.165) is 17.5 Å². The monoisotopic (exact) mass is 252 g/mol. The summed E-state index contributed by atoms with van der Waals surface area (Å²) in [5.41, 5.74) is 1.22. The van der Waals surface area contributed by atoms with E-state index < -0.39 is 0 Å². The molecule has 0 amide bonds. The minimum atomic E-state index is 0.666. The summed E-state index contributed by atoms with van der Waals surface area (Å²) in [7, 11) is 0. The van der Waals surface area contributed by atoms with Crippen molar-refractivity contribution in [3.63, 3.8) is 0 Å². The Morgan fingerprint density at radius 2 is 2.06 bits per heavy atom. The second-order valence-corrected chi connectivity index (χ2v) is 6.01. The van der Waals surface area contributed by atoms with E-state index >= 15 is 0 Å². The van der Waals surface area contributed by atoms with Gasteiger partial charge in [0.15, 0.2) is 5.13 Å². The molecule has 1 aliphatic rings. The van der Waals surface area contributed by atoms with Gasteiger partial charge < -0.3 is 5.32 Å². The Hall–Kier alpha value is -0.570. The SMILES string of the molecule is CCCC1CCC(Nc2nc(CC)cs2)CC1. The first-order valence-corrected chi connectivity index (χ1v) is 7.90. The van der Waals surface area contributed by atoms with Gasteiger partial charge in [-0.2, -0.15) is 0 Å². The maximum atomic E-state index is 4.59. The fourth-order valence-electron chi connectivity index (χ4n) is 2.71. The standard InChI is InChI=1S/C14H24N2S/c1-3-5-11-6-8-13(9-7-11)16-14-15-12(4-2)10-17-14/h10-11,13H,3-9H2,1-2H3,(H,15,16). The van der Waals surface area contributed by atoms with E-state index in [9.17, 15) is 0 Å². The van der Waals surface area contributed by atoms with Gasteiger partial charge in [-0.15, -0.1) is 11.3 Å². The van der Waals surface area contributed by atoms with Crippen LogP contribution in [0.1, 0.15) is 58.1 Å². The Morgan fingerprint density at radius 1 is 1.29 bits per heavy atom. The molecule has 1 fully saturated rings. The Morgan fingerprint density at radius 3 is 2.65 bits per heavy atom. The molecule has 1 saturated carbocycles. The van der Waals surface area contributed by atoms with Crippen molar-refractivity contribution in [1.29, 1.82) is 0 Å². The Kier molecular flexibility index (Phi) is 4.84. The zero-order valence-electron chi connectivity index (χ0n) is 11.0. The molecule has 0 radical (unpaired) electrons. The number of nitrogens with one attached hydrogen (secondary N) is 1. The fraction of sp³-hybridized carbons (Fsp3) is 0.786. The van der Waals surface area contributed by atoms with Gasteiger partial charge in [-0.25, -0.2) is 4.98 Å². The van der Waals surface area contributed by atoms with Crippen LogP contribution in [0.3, 0.4) is 0 Å². The first-order valence-electron chi connectivity index (χ1n) is 7.02. The van der Waals surface area contributed by atoms with Gasteiger partial charge in [0.1, 0.15) is 0 Å². The predicted molar refractivity (Wildman–Crippen MR) is 75.8 cm³/mol. The molecule has 0 unspecified atom stereocenters. The van der Waals surface area contributed by atoms with Gasteiger partial charge in [-0.3, -0.25) is 0 Å². The van der Waals surface area contributed by atoms with Gasteiger partial charge in [-0.05, 0) is 38.0 Å². The van der Waals surface area contributed by atoms with Crippen LogP contribution < -0.4 is 5.32 Å². The minimum absolute atomic E-state index is 0.666. The van der Waals surface area contributed by atoms with Crippen molar-refractivity contribution in [2.45, 2.75) is 64.8 Å². The van der Waals surface area contributed by atoms with E-state index in [-0.39, 0.29) is 0 Å². The van der Waals surface area contributed by atoms with Crippen molar-refractivity contribution in [1.82, 2.24) is 4.98 Å². The number of thiazole rings is 1. The number of rotatable bonds is 5. The molecule has 0 spiro atoms. The molecule has 17 heavy (non-hydrogen) atoms. The summed E-state index contributed by atoms with van der Waals surface area (Å²) < 4.78 is 0. The second-order valence-electron chi connectivity index (χ2n) is 5.15. The van der Waals surface area contributed by atoms with Gasteiger partial charge in [0, 0.05) is 11.4 Å². The summed E-state index contributed by atoms with van der Waals surface area (Å²) >= 11 is 1.76. The van der Waals surface area contributed by atoms with Crippen molar-refractivity contribution in [3.8, 4) is 0 Å². The lowest BCUT2D eigenvalue weighted by molar-refractivity contribution is 0.319. The lowest BCUT2D eigenvalue weighted by atomic mass is 9.83. The molecule has 0 saturated heterocycles. The molecule has 1 N–H and O–H groups in total. The third-order valence-corrected chi connectivity index (χ3v) is 4.61. The molecule has 2 nitrogen and oxygen atoms in total. The molecule has 1 aromatic heterocycles. The highest BCUT2D eigenvalue weighted by Crippen LogP contribution is 2.30. The zero-order valence-corrected chi connectivity index (χ0v) is 11.9. The van der Waals surface area contributed by atoms with Crippen molar-refractivity contribution in [2.75, 3.05) is 5.32 Å². The van der Waals surface area contributed by atoms with Crippen molar-refractivity contribution in [2.24, 2.45) is 5.92 Å². The average molecular weight is 252 g/mol. The largest absolute Gasteiger partial charge is 0.359 e. The average Bonchev–Trinajstić information content (AvgIpc) is 2.80. The van der Waals surface area contributed by atoms with E-state index in [1.165, 1.54) is 44.2 Å². The summed E-state index contributed by atoms with van der Waals surface area (Å²) in [5, 5.41) is 6.90. The predicted octanol–water partition coefficient (Wildman–Crippen LogP) is 4.48. The van der Waals surface area contributed by atoms with Crippen LogP contribution in [0, 0.1) is 5.92 Å². The minimum Gasteiger partial charge on any atom is -0.359 e. The van der Waals surface area contributed by atoms with Crippen LogP contribution in [0.5, 0.6) is 0 Å². The number of aromatic nitrogens is 1. The summed E-state index contributed by atoms with van der Waals surface area (Å²) in [6, 6.07) is 0.666. The van der Waals surface area contributed by atoms with Gasteiger partial charge in [0.2, 0.25) is 0 Å². The number of aryl methyl sites for hydroxylation is 1. The molecular weight excluding hydrogens is 228 g/mol. The molecule has 0 aliphatic heterocycles. The van der Waals surface area contributed by atoms with E-state index in [1.807, 2.05) is 0 Å². The van der Waals surface area contributed by atoms with Gasteiger partial charge in [0.25, 0.3) is 0 Å². The normalized spacial score (nSPS) is 24.8. The maximum absolute atomic E-state index is 4.59. The van der Waals surface area contributed by atoms with E-state index in [2.05, 4.69) is 29.5 Å². The number of hydrogen-bond donors (Lipinski definition) is 1. The van der Waals surface area contributed by atoms with E-state index in [1.54, 1.807) is 11.3 Å².